The first-order valence-corrected chi connectivity index (χ1v) is 19.7. The van der Waals surface area contributed by atoms with E-state index in [1.165, 1.54) is 49.3 Å². The molecule has 2 heterocycles. The van der Waals surface area contributed by atoms with E-state index in [0.717, 1.165) is 26.1 Å². The molecule has 0 bridgehead atoms. The molecular weight excluding hydrogens is 449 g/mol. The second-order valence-corrected chi connectivity index (χ2v) is 20.9. The highest BCUT2D eigenvalue weighted by Gasteiger charge is 2.26. The smallest absolute Gasteiger partial charge is 0.103 e. The SMILES string of the molecule is C[Si](C)(C=CCCCCCC[Si](C)(C)c1cccc(CC2CO2)c1)c1cccc(CC2CO2)c1. The van der Waals surface area contributed by atoms with Crippen molar-refractivity contribution in [2.75, 3.05) is 13.2 Å². The van der Waals surface area contributed by atoms with E-state index in [1.807, 2.05) is 0 Å². The maximum absolute atomic E-state index is 5.42. The van der Waals surface area contributed by atoms with E-state index in [4.69, 9.17) is 9.47 Å². The maximum Gasteiger partial charge on any atom is 0.103 e. The Labute approximate surface area is 209 Å². The molecule has 0 aliphatic carbocycles. The van der Waals surface area contributed by atoms with Crippen LogP contribution in [0.25, 0.3) is 0 Å². The molecule has 34 heavy (non-hydrogen) atoms. The summed E-state index contributed by atoms with van der Waals surface area (Å²) in [5, 5.41) is 3.16. The van der Waals surface area contributed by atoms with Gasteiger partial charge in [-0.1, -0.05) is 122 Å². The Hall–Kier alpha value is -1.47. The van der Waals surface area contributed by atoms with Crippen LogP contribution in [0, 0.1) is 0 Å². The van der Waals surface area contributed by atoms with E-state index >= 15 is 0 Å². The van der Waals surface area contributed by atoms with Crippen LogP contribution in [-0.4, -0.2) is 41.6 Å². The van der Waals surface area contributed by atoms with Crippen LogP contribution in [-0.2, 0) is 22.3 Å². The second kappa shape index (κ2) is 11.5. The van der Waals surface area contributed by atoms with Gasteiger partial charge in [0.15, 0.2) is 0 Å². The van der Waals surface area contributed by atoms with Crippen molar-refractivity contribution in [3.8, 4) is 0 Å². The lowest BCUT2D eigenvalue weighted by Gasteiger charge is -2.23. The molecule has 2 unspecified atom stereocenters. The molecule has 2 nitrogen and oxygen atoms in total. The summed E-state index contributed by atoms with van der Waals surface area (Å²) >= 11 is 0. The van der Waals surface area contributed by atoms with Gasteiger partial charge in [-0.3, -0.25) is 0 Å². The number of benzene rings is 2. The minimum Gasteiger partial charge on any atom is -0.373 e. The first kappa shape index (κ1) is 25.6. The molecule has 2 aromatic rings. The minimum absolute atomic E-state index is 0.469. The van der Waals surface area contributed by atoms with Crippen LogP contribution in [0.4, 0.5) is 0 Å². The van der Waals surface area contributed by atoms with Gasteiger partial charge < -0.3 is 9.47 Å². The summed E-state index contributed by atoms with van der Waals surface area (Å²) in [5.74, 6) is 0. The lowest BCUT2D eigenvalue weighted by molar-refractivity contribution is 0.407. The molecule has 4 rings (SSSR count). The highest BCUT2D eigenvalue weighted by atomic mass is 28.3. The van der Waals surface area contributed by atoms with E-state index in [9.17, 15) is 0 Å². The molecule has 184 valence electrons. The highest BCUT2D eigenvalue weighted by molar-refractivity contribution is 6.94. The molecule has 0 spiro atoms. The van der Waals surface area contributed by atoms with Crippen LogP contribution in [0.5, 0.6) is 0 Å². The number of unbranched alkanes of at least 4 members (excludes halogenated alkanes) is 4. The lowest BCUT2D eigenvalue weighted by atomic mass is 10.1. The Morgan fingerprint density at radius 1 is 0.765 bits per heavy atom. The van der Waals surface area contributed by atoms with Crippen LogP contribution in [0.2, 0.25) is 32.2 Å². The molecule has 4 heteroatoms. The Bertz CT molecular complexity index is 958. The van der Waals surface area contributed by atoms with Gasteiger partial charge in [0.25, 0.3) is 0 Å². The molecule has 2 atom stereocenters. The van der Waals surface area contributed by atoms with E-state index < -0.39 is 16.1 Å². The Morgan fingerprint density at radius 2 is 1.32 bits per heavy atom. The van der Waals surface area contributed by atoms with Crippen LogP contribution in [0.3, 0.4) is 0 Å². The zero-order valence-corrected chi connectivity index (χ0v) is 23.8. The van der Waals surface area contributed by atoms with E-state index in [-0.39, 0.29) is 0 Å². The molecule has 0 aromatic heterocycles. The maximum atomic E-state index is 5.42. The number of allylic oxidation sites excluding steroid dienone is 1. The fourth-order valence-corrected chi connectivity index (χ4v) is 9.49. The summed E-state index contributed by atoms with van der Waals surface area (Å²) in [7, 11) is -2.86. The summed E-state index contributed by atoms with van der Waals surface area (Å²) in [4.78, 5) is 0. The number of rotatable bonds is 14. The molecular formula is C30H44O2Si2. The van der Waals surface area contributed by atoms with Crippen molar-refractivity contribution >= 4 is 26.5 Å². The number of ether oxygens (including phenoxy) is 2. The fourth-order valence-electron chi connectivity index (χ4n) is 4.92. The van der Waals surface area contributed by atoms with E-state index in [0.29, 0.717) is 12.2 Å². The summed E-state index contributed by atoms with van der Waals surface area (Å²) < 4.78 is 10.8. The van der Waals surface area contributed by atoms with Gasteiger partial charge in [0.2, 0.25) is 0 Å². The Kier molecular flexibility index (Phi) is 8.68. The van der Waals surface area contributed by atoms with E-state index in [1.54, 1.807) is 10.4 Å². The van der Waals surface area contributed by atoms with Gasteiger partial charge in [-0.15, -0.1) is 0 Å². The quantitative estimate of drug-likeness (QED) is 0.180. The molecule has 2 aliphatic rings. The molecule has 0 saturated carbocycles. The largest absolute Gasteiger partial charge is 0.373 e. The average Bonchev–Trinajstić information content (AvgIpc) is 3.74. The predicted octanol–water partition coefficient (Wildman–Crippen LogP) is 6.15. The van der Waals surface area contributed by atoms with Gasteiger partial charge in [0.1, 0.15) is 8.07 Å². The summed E-state index contributed by atoms with van der Waals surface area (Å²) in [6, 6.07) is 20.0. The zero-order chi connectivity index (χ0) is 24.0. The summed E-state index contributed by atoms with van der Waals surface area (Å²) in [5.41, 5.74) is 5.45. The van der Waals surface area contributed by atoms with Gasteiger partial charge in [0, 0.05) is 12.8 Å². The van der Waals surface area contributed by atoms with Crippen molar-refractivity contribution in [3.63, 3.8) is 0 Å². The third kappa shape index (κ3) is 8.05. The first-order chi connectivity index (χ1) is 16.3. The molecule has 2 aromatic carbocycles. The van der Waals surface area contributed by atoms with Crippen molar-refractivity contribution in [2.45, 2.75) is 89.4 Å². The number of hydrogen-bond acceptors (Lipinski definition) is 2. The monoisotopic (exact) mass is 492 g/mol. The third-order valence-corrected chi connectivity index (χ3v) is 13.9. The van der Waals surface area contributed by atoms with Gasteiger partial charge in [0.05, 0.1) is 33.5 Å². The van der Waals surface area contributed by atoms with Crippen molar-refractivity contribution in [1.82, 2.24) is 0 Å². The van der Waals surface area contributed by atoms with Crippen LogP contribution in [0.1, 0.15) is 43.2 Å². The van der Waals surface area contributed by atoms with Crippen molar-refractivity contribution < 1.29 is 9.47 Å². The molecule has 2 fully saturated rings. The lowest BCUT2D eigenvalue weighted by Crippen LogP contribution is -2.41. The Balaban J connectivity index is 1.15. The first-order valence-electron chi connectivity index (χ1n) is 13.4. The van der Waals surface area contributed by atoms with Gasteiger partial charge >= 0.3 is 0 Å². The number of hydrogen-bond donors (Lipinski definition) is 0. The van der Waals surface area contributed by atoms with Crippen LogP contribution < -0.4 is 10.4 Å². The fraction of sp³-hybridized carbons (Fsp3) is 0.533. The van der Waals surface area contributed by atoms with Crippen LogP contribution in [0.15, 0.2) is 60.3 Å². The molecule has 0 radical (unpaired) electrons. The standard InChI is InChI=1S/C30H44O2Si2/c1-33(2,29-15-11-13-25(21-29)19-27-23-31-27)17-9-7-5-6-8-10-18-34(3,4)30-16-12-14-26(22-30)20-28-24-32-28/h9,11-17,21-22,27-28H,5-8,10,18-20,23-24H2,1-4H3. The van der Waals surface area contributed by atoms with Crippen molar-refractivity contribution in [1.29, 1.82) is 0 Å². The van der Waals surface area contributed by atoms with E-state index in [2.05, 4.69) is 86.5 Å². The third-order valence-electron chi connectivity index (χ3n) is 7.57. The van der Waals surface area contributed by atoms with Gasteiger partial charge in [-0.2, -0.15) is 0 Å². The zero-order valence-electron chi connectivity index (χ0n) is 21.8. The Morgan fingerprint density at radius 3 is 1.94 bits per heavy atom. The molecule has 2 aliphatic heterocycles. The highest BCUT2D eigenvalue weighted by Crippen LogP contribution is 2.20. The average molecular weight is 493 g/mol. The topological polar surface area (TPSA) is 25.1 Å². The summed E-state index contributed by atoms with van der Waals surface area (Å²) in [6.07, 6.45) is 12.2. The van der Waals surface area contributed by atoms with Gasteiger partial charge in [-0.25, -0.2) is 0 Å². The number of epoxide rings is 2. The van der Waals surface area contributed by atoms with Crippen molar-refractivity contribution in [3.05, 3.63) is 71.4 Å². The van der Waals surface area contributed by atoms with Gasteiger partial charge in [-0.05, 0) is 24.0 Å². The molecule has 2 saturated heterocycles. The predicted molar refractivity (Wildman–Crippen MR) is 151 cm³/mol. The van der Waals surface area contributed by atoms with Crippen LogP contribution >= 0.6 is 0 Å². The van der Waals surface area contributed by atoms with Crippen molar-refractivity contribution in [2.24, 2.45) is 0 Å². The molecule has 0 N–H and O–H groups in total. The minimum atomic E-state index is -1.51. The normalized spacial score (nSPS) is 20.1. The summed E-state index contributed by atoms with van der Waals surface area (Å²) in [6.45, 7) is 11.9. The second-order valence-electron chi connectivity index (χ2n) is 11.7. The molecule has 0 amide bonds.